The van der Waals surface area contributed by atoms with Gasteiger partial charge in [-0.05, 0) is 24.5 Å². The minimum atomic E-state index is -4.41. The number of amides is 1. The van der Waals surface area contributed by atoms with Gasteiger partial charge in [-0.25, -0.2) is 0 Å². The summed E-state index contributed by atoms with van der Waals surface area (Å²) in [7, 11) is 0. The molecule has 1 amide bonds. The number of hydrogen-bond donors (Lipinski definition) is 2. The van der Waals surface area contributed by atoms with Crippen LogP contribution in [0.15, 0.2) is 24.3 Å². The Hall–Kier alpha value is -1.56. The molecule has 1 aromatic rings. The molecule has 1 aliphatic carbocycles. The van der Waals surface area contributed by atoms with Crippen molar-refractivity contribution in [3.8, 4) is 0 Å². The van der Waals surface area contributed by atoms with E-state index in [1.165, 1.54) is 18.2 Å². The molecule has 0 unspecified atom stereocenters. The Balaban J connectivity index is 2.06. The van der Waals surface area contributed by atoms with Gasteiger partial charge in [0.05, 0.1) is 11.0 Å². The van der Waals surface area contributed by atoms with Crippen molar-refractivity contribution in [2.45, 2.75) is 25.6 Å². The van der Waals surface area contributed by atoms with Crippen LogP contribution in [0.2, 0.25) is 0 Å². The highest BCUT2D eigenvalue weighted by Crippen LogP contribution is 2.44. The molecule has 0 spiro atoms. The first kappa shape index (κ1) is 13.9. The minimum Gasteiger partial charge on any atom is -0.351 e. The molecule has 1 aliphatic rings. The molecule has 0 aliphatic heterocycles. The first-order valence-corrected chi connectivity index (χ1v) is 6.02. The zero-order chi connectivity index (χ0) is 14.1. The Morgan fingerprint density at radius 2 is 1.95 bits per heavy atom. The van der Waals surface area contributed by atoms with Crippen molar-refractivity contribution < 1.29 is 18.0 Å². The third-order valence-corrected chi connectivity index (χ3v) is 3.49. The highest BCUT2D eigenvalue weighted by atomic mass is 19.4. The van der Waals surface area contributed by atoms with Crippen LogP contribution in [0.4, 0.5) is 13.2 Å². The molecule has 3 N–H and O–H groups in total. The normalized spacial score (nSPS) is 17.1. The van der Waals surface area contributed by atoms with Crippen LogP contribution in [-0.4, -0.2) is 12.5 Å². The monoisotopic (exact) mass is 272 g/mol. The van der Waals surface area contributed by atoms with Crippen LogP contribution in [-0.2, 0) is 17.5 Å². The van der Waals surface area contributed by atoms with Crippen LogP contribution in [0.5, 0.6) is 0 Å². The van der Waals surface area contributed by atoms with Crippen LogP contribution < -0.4 is 11.1 Å². The minimum absolute atomic E-state index is 0.0659. The Morgan fingerprint density at radius 1 is 1.32 bits per heavy atom. The van der Waals surface area contributed by atoms with E-state index in [2.05, 4.69) is 5.32 Å². The summed E-state index contributed by atoms with van der Waals surface area (Å²) < 4.78 is 38.3. The lowest BCUT2D eigenvalue weighted by molar-refractivity contribution is -0.138. The van der Waals surface area contributed by atoms with Crippen molar-refractivity contribution in [2.75, 3.05) is 6.54 Å². The topological polar surface area (TPSA) is 55.1 Å². The number of hydrogen-bond acceptors (Lipinski definition) is 2. The van der Waals surface area contributed by atoms with Crippen LogP contribution >= 0.6 is 0 Å². The smallest absolute Gasteiger partial charge is 0.351 e. The molecule has 0 aromatic heterocycles. The van der Waals surface area contributed by atoms with E-state index >= 15 is 0 Å². The summed E-state index contributed by atoms with van der Waals surface area (Å²) in [5.74, 6) is -0.257. The Kier molecular flexibility index (Phi) is 3.54. The summed E-state index contributed by atoms with van der Waals surface area (Å²) in [5.41, 5.74) is 4.30. The van der Waals surface area contributed by atoms with Gasteiger partial charge < -0.3 is 11.1 Å². The van der Waals surface area contributed by atoms with E-state index in [9.17, 15) is 18.0 Å². The number of nitrogens with one attached hydrogen (secondary N) is 1. The molecule has 0 heterocycles. The van der Waals surface area contributed by atoms with Gasteiger partial charge in [0.2, 0.25) is 5.91 Å². The van der Waals surface area contributed by atoms with E-state index in [4.69, 9.17) is 5.73 Å². The van der Waals surface area contributed by atoms with E-state index < -0.39 is 17.2 Å². The average molecular weight is 272 g/mol. The van der Waals surface area contributed by atoms with E-state index in [-0.39, 0.29) is 24.6 Å². The fourth-order valence-corrected chi connectivity index (χ4v) is 1.99. The maximum Gasteiger partial charge on any atom is 0.416 e. The van der Waals surface area contributed by atoms with Gasteiger partial charge in [-0.2, -0.15) is 13.2 Å². The summed E-state index contributed by atoms with van der Waals surface area (Å²) in [6.45, 7) is 0.107. The third kappa shape index (κ3) is 2.89. The first-order valence-electron chi connectivity index (χ1n) is 6.02. The molecule has 1 fully saturated rings. The predicted molar refractivity (Wildman–Crippen MR) is 64.0 cm³/mol. The fourth-order valence-electron chi connectivity index (χ4n) is 1.99. The molecule has 1 saturated carbocycles. The largest absolute Gasteiger partial charge is 0.416 e. The van der Waals surface area contributed by atoms with Gasteiger partial charge in [-0.1, -0.05) is 18.2 Å². The molecule has 3 nitrogen and oxygen atoms in total. The number of nitrogens with two attached hydrogens (primary N) is 1. The Morgan fingerprint density at radius 3 is 2.47 bits per heavy atom. The molecule has 2 rings (SSSR count). The summed E-state index contributed by atoms with van der Waals surface area (Å²) in [6, 6.07) is 5.23. The second kappa shape index (κ2) is 4.85. The number of rotatable bonds is 4. The van der Waals surface area contributed by atoms with Crippen molar-refractivity contribution >= 4 is 5.91 Å². The van der Waals surface area contributed by atoms with E-state index in [0.29, 0.717) is 12.8 Å². The molecule has 6 heteroatoms. The van der Waals surface area contributed by atoms with Crippen molar-refractivity contribution in [3.63, 3.8) is 0 Å². The van der Waals surface area contributed by atoms with Gasteiger partial charge in [-0.3, -0.25) is 4.79 Å². The van der Waals surface area contributed by atoms with Gasteiger partial charge in [0.15, 0.2) is 0 Å². The van der Waals surface area contributed by atoms with Crippen molar-refractivity contribution in [3.05, 3.63) is 35.4 Å². The standard InChI is InChI=1S/C13H15F3N2O/c14-13(15,16)10-4-2-1-3-9(10)7-18-11(19)12(8-17)5-6-12/h1-4H,5-8,17H2,(H,18,19). The summed E-state index contributed by atoms with van der Waals surface area (Å²) in [4.78, 5) is 11.8. The van der Waals surface area contributed by atoms with Crippen LogP contribution in [0.1, 0.15) is 24.0 Å². The zero-order valence-corrected chi connectivity index (χ0v) is 10.3. The molecular formula is C13H15F3N2O. The SMILES string of the molecule is NCC1(C(=O)NCc2ccccc2C(F)(F)F)CC1. The van der Waals surface area contributed by atoms with Gasteiger partial charge in [-0.15, -0.1) is 0 Å². The van der Waals surface area contributed by atoms with Crippen LogP contribution in [0.3, 0.4) is 0 Å². The van der Waals surface area contributed by atoms with Gasteiger partial charge in [0.1, 0.15) is 0 Å². The van der Waals surface area contributed by atoms with Crippen LogP contribution in [0.25, 0.3) is 0 Å². The number of carbonyl (C=O) groups excluding carboxylic acids is 1. The molecule has 104 valence electrons. The number of halogens is 3. The second-order valence-electron chi connectivity index (χ2n) is 4.82. The maximum absolute atomic E-state index is 12.8. The summed E-state index contributed by atoms with van der Waals surface area (Å²) in [6.07, 6.45) is -3.00. The maximum atomic E-state index is 12.8. The van der Waals surface area contributed by atoms with Crippen molar-refractivity contribution in [1.29, 1.82) is 0 Å². The molecular weight excluding hydrogens is 257 g/mol. The molecule has 19 heavy (non-hydrogen) atoms. The lowest BCUT2D eigenvalue weighted by Gasteiger charge is -2.16. The molecule has 0 bridgehead atoms. The zero-order valence-electron chi connectivity index (χ0n) is 10.3. The highest BCUT2D eigenvalue weighted by Gasteiger charge is 2.48. The molecule has 0 atom stereocenters. The quantitative estimate of drug-likeness (QED) is 0.881. The fraction of sp³-hybridized carbons (Fsp3) is 0.462. The molecule has 1 aromatic carbocycles. The molecule has 0 saturated heterocycles. The second-order valence-corrected chi connectivity index (χ2v) is 4.82. The highest BCUT2D eigenvalue weighted by molar-refractivity contribution is 5.85. The van der Waals surface area contributed by atoms with E-state index in [1.54, 1.807) is 0 Å². The average Bonchev–Trinajstić information content (AvgIpc) is 3.16. The van der Waals surface area contributed by atoms with Gasteiger partial charge in [0, 0.05) is 13.1 Å². The number of benzene rings is 1. The molecule has 0 radical (unpaired) electrons. The van der Waals surface area contributed by atoms with E-state index in [1.807, 2.05) is 0 Å². The van der Waals surface area contributed by atoms with Gasteiger partial charge in [0.25, 0.3) is 0 Å². The predicted octanol–water partition coefficient (Wildman–Crippen LogP) is 2.06. The number of alkyl halides is 3. The van der Waals surface area contributed by atoms with Crippen molar-refractivity contribution in [2.24, 2.45) is 11.1 Å². The lowest BCUT2D eigenvalue weighted by Crippen LogP contribution is -2.36. The first-order chi connectivity index (χ1) is 8.89. The van der Waals surface area contributed by atoms with E-state index in [0.717, 1.165) is 6.07 Å². The summed E-state index contributed by atoms with van der Waals surface area (Å²) >= 11 is 0. The van der Waals surface area contributed by atoms with Crippen molar-refractivity contribution in [1.82, 2.24) is 5.32 Å². The Bertz CT molecular complexity index is 481. The van der Waals surface area contributed by atoms with Gasteiger partial charge >= 0.3 is 6.18 Å². The third-order valence-electron chi connectivity index (χ3n) is 3.49. The van der Waals surface area contributed by atoms with Crippen LogP contribution in [0, 0.1) is 5.41 Å². The summed E-state index contributed by atoms with van der Waals surface area (Å²) in [5, 5.41) is 2.55. The lowest BCUT2D eigenvalue weighted by atomic mass is 10.0. The number of carbonyl (C=O) groups is 1. The Labute approximate surface area is 109 Å².